The van der Waals surface area contributed by atoms with Crippen LogP contribution in [0.25, 0.3) is 0 Å². The van der Waals surface area contributed by atoms with Crippen molar-refractivity contribution < 1.29 is 19.1 Å². The summed E-state index contributed by atoms with van der Waals surface area (Å²) >= 11 is 0. The Morgan fingerprint density at radius 3 is 2.50 bits per heavy atom. The molecule has 5 heteroatoms. The van der Waals surface area contributed by atoms with Gasteiger partial charge in [0.05, 0.1) is 12.5 Å². The SMILES string of the molecule is O=C(O)CC(NC(=O)C1CC2C=CC1C2)c1ccc(F)cc1. The van der Waals surface area contributed by atoms with Crippen LogP contribution in [0.4, 0.5) is 4.39 Å². The van der Waals surface area contributed by atoms with Crippen LogP contribution in [-0.2, 0) is 9.59 Å². The van der Waals surface area contributed by atoms with Crippen molar-refractivity contribution in [2.45, 2.75) is 25.3 Å². The van der Waals surface area contributed by atoms with Crippen LogP contribution in [0.1, 0.15) is 30.9 Å². The zero-order valence-corrected chi connectivity index (χ0v) is 12.0. The van der Waals surface area contributed by atoms with E-state index in [-0.39, 0.29) is 30.0 Å². The van der Waals surface area contributed by atoms with Crippen LogP contribution in [0.2, 0.25) is 0 Å². The van der Waals surface area contributed by atoms with Gasteiger partial charge in [0.2, 0.25) is 5.91 Å². The molecule has 0 heterocycles. The summed E-state index contributed by atoms with van der Waals surface area (Å²) in [6.45, 7) is 0. The van der Waals surface area contributed by atoms with Crippen molar-refractivity contribution in [2.24, 2.45) is 17.8 Å². The largest absolute Gasteiger partial charge is 0.481 e. The quantitative estimate of drug-likeness (QED) is 0.822. The second kappa shape index (κ2) is 5.91. The molecule has 1 aromatic rings. The highest BCUT2D eigenvalue weighted by Gasteiger charge is 2.40. The van der Waals surface area contributed by atoms with Gasteiger partial charge in [-0.25, -0.2) is 4.39 Å². The molecule has 2 bridgehead atoms. The van der Waals surface area contributed by atoms with Gasteiger partial charge in [-0.15, -0.1) is 0 Å². The number of nitrogens with one attached hydrogen (secondary N) is 1. The van der Waals surface area contributed by atoms with Crippen LogP contribution in [-0.4, -0.2) is 17.0 Å². The van der Waals surface area contributed by atoms with E-state index >= 15 is 0 Å². The molecule has 0 aliphatic heterocycles. The number of aliphatic carboxylic acids is 1. The Bertz CT molecular complexity index is 611. The van der Waals surface area contributed by atoms with Gasteiger partial charge in [-0.3, -0.25) is 9.59 Å². The van der Waals surface area contributed by atoms with E-state index in [1.54, 1.807) is 0 Å². The first-order valence-corrected chi connectivity index (χ1v) is 7.49. The fraction of sp³-hybridized carbons (Fsp3) is 0.412. The van der Waals surface area contributed by atoms with Crippen LogP contribution in [0, 0.1) is 23.6 Å². The lowest BCUT2D eigenvalue weighted by Gasteiger charge is -2.23. The molecule has 4 unspecified atom stereocenters. The number of carbonyl (C=O) groups excluding carboxylic acids is 1. The molecule has 0 radical (unpaired) electrons. The van der Waals surface area contributed by atoms with Crippen LogP contribution < -0.4 is 5.32 Å². The molecule has 2 N–H and O–H groups in total. The fourth-order valence-corrected chi connectivity index (χ4v) is 3.48. The first-order valence-electron chi connectivity index (χ1n) is 7.49. The summed E-state index contributed by atoms with van der Waals surface area (Å²) in [7, 11) is 0. The Labute approximate surface area is 128 Å². The predicted molar refractivity (Wildman–Crippen MR) is 78.4 cm³/mol. The van der Waals surface area contributed by atoms with Gasteiger partial charge < -0.3 is 10.4 Å². The summed E-state index contributed by atoms with van der Waals surface area (Å²) < 4.78 is 13.0. The monoisotopic (exact) mass is 303 g/mol. The third-order valence-electron chi connectivity index (χ3n) is 4.58. The number of hydrogen-bond acceptors (Lipinski definition) is 2. The van der Waals surface area contributed by atoms with Gasteiger partial charge in [0, 0.05) is 5.92 Å². The second-order valence-corrected chi connectivity index (χ2v) is 6.10. The summed E-state index contributed by atoms with van der Waals surface area (Å²) in [5.74, 6) is -0.822. The van der Waals surface area contributed by atoms with Gasteiger partial charge >= 0.3 is 5.97 Å². The van der Waals surface area contributed by atoms with Crippen molar-refractivity contribution in [2.75, 3.05) is 0 Å². The van der Waals surface area contributed by atoms with Crippen molar-refractivity contribution in [3.05, 3.63) is 47.8 Å². The highest BCUT2D eigenvalue weighted by Crippen LogP contribution is 2.43. The van der Waals surface area contributed by atoms with Crippen molar-refractivity contribution in [3.8, 4) is 0 Å². The van der Waals surface area contributed by atoms with E-state index in [4.69, 9.17) is 5.11 Å². The molecule has 1 aromatic carbocycles. The molecule has 2 aliphatic rings. The number of amides is 1. The topological polar surface area (TPSA) is 66.4 Å². The van der Waals surface area contributed by atoms with E-state index in [0.717, 1.165) is 12.8 Å². The van der Waals surface area contributed by atoms with Gasteiger partial charge in [-0.2, -0.15) is 0 Å². The second-order valence-electron chi connectivity index (χ2n) is 6.10. The summed E-state index contributed by atoms with van der Waals surface area (Å²) in [6.07, 6.45) is 5.87. The van der Waals surface area contributed by atoms with Crippen molar-refractivity contribution in [1.82, 2.24) is 5.32 Å². The molecule has 3 rings (SSSR count). The van der Waals surface area contributed by atoms with Gasteiger partial charge in [0.25, 0.3) is 0 Å². The first kappa shape index (κ1) is 14.8. The van der Waals surface area contributed by atoms with Crippen LogP contribution in [0.5, 0.6) is 0 Å². The molecule has 0 aromatic heterocycles. The third kappa shape index (κ3) is 3.03. The number of hydrogen-bond donors (Lipinski definition) is 2. The molecule has 4 atom stereocenters. The van der Waals surface area contributed by atoms with Gasteiger partial charge in [0.1, 0.15) is 5.82 Å². The lowest BCUT2D eigenvalue weighted by atomic mass is 9.92. The highest BCUT2D eigenvalue weighted by atomic mass is 19.1. The molecule has 0 spiro atoms. The predicted octanol–water partition coefficient (Wildman–Crippen LogP) is 2.67. The minimum atomic E-state index is -0.998. The van der Waals surface area contributed by atoms with Gasteiger partial charge in [-0.05, 0) is 42.4 Å². The summed E-state index contributed by atoms with van der Waals surface area (Å²) in [5, 5.41) is 11.9. The lowest BCUT2D eigenvalue weighted by molar-refractivity contribution is -0.138. The number of carboxylic acids is 1. The van der Waals surface area contributed by atoms with Gasteiger partial charge in [-0.1, -0.05) is 24.3 Å². The van der Waals surface area contributed by atoms with Crippen molar-refractivity contribution in [3.63, 3.8) is 0 Å². The number of rotatable bonds is 5. The summed E-state index contributed by atoms with van der Waals surface area (Å²) in [4.78, 5) is 23.5. The normalized spacial score (nSPS) is 26.9. The fourth-order valence-electron chi connectivity index (χ4n) is 3.48. The van der Waals surface area contributed by atoms with E-state index in [0.29, 0.717) is 11.5 Å². The van der Waals surface area contributed by atoms with Crippen LogP contribution in [0.3, 0.4) is 0 Å². The highest BCUT2D eigenvalue weighted by molar-refractivity contribution is 5.81. The van der Waals surface area contributed by atoms with Crippen molar-refractivity contribution in [1.29, 1.82) is 0 Å². The minimum Gasteiger partial charge on any atom is -0.481 e. The third-order valence-corrected chi connectivity index (χ3v) is 4.58. The van der Waals surface area contributed by atoms with E-state index < -0.39 is 12.0 Å². The number of benzene rings is 1. The van der Waals surface area contributed by atoms with Crippen LogP contribution >= 0.6 is 0 Å². The van der Waals surface area contributed by atoms with E-state index in [9.17, 15) is 14.0 Å². The maximum atomic E-state index is 13.0. The van der Waals surface area contributed by atoms with Gasteiger partial charge in [0.15, 0.2) is 0 Å². The summed E-state index contributed by atoms with van der Waals surface area (Å²) in [6, 6.07) is 4.95. The Morgan fingerprint density at radius 1 is 1.23 bits per heavy atom. The number of carbonyl (C=O) groups is 2. The number of fused-ring (bicyclic) bond motifs is 2. The average molecular weight is 303 g/mol. The Balaban J connectivity index is 1.72. The molecule has 0 saturated heterocycles. The lowest BCUT2D eigenvalue weighted by Crippen LogP contribution is -2.36. The molecule has 1 amide bonds. The number of carboxylic acid groups (broad SMARTS) is 1. The molecule has 116 valence electrons. The zero-order valence-electron chi connectivity index (χ0n) is 12.0. The molecule has 2 aliphatic carbocycles. The van der Waals surface area contributed by atoms with E-state index in [1.165, 1.54) is 24.3 Å². The minimum absolute atomic E-state index is 0.0771. The first-order chi connectivity index (χ1) is 10.5. The molecular formula is C17H18FNO3. The summed E-state index contributed by atoms with van der Waals surface area (Å²) in [5.41, 5.74) is 0.607. The van der Waals surface area contributed by atoms with Crippen LogP contribution in [0.15, 0.2) is 36.4 Å². The molecular weight excluding hydrogens is 285 g/mol. The standard InChI is InChI=1S/C17H18FNO3/c18-13-5-3-11(4-6-13)15(9-16(20)21)19-17(22)14-8-10-1-2-12(14)7-10/h1-6,10,12,14-15H,7-9H2,(H,19,22)(H,20,21). The molecule has 1 fully saturated rings. The zero-order chi connectivity index (χ0) is 15.7. The Kier molecular flexibility index (Phi) is 3.96. The average Bonchev–Trinajstić information content (AvgIpc) is 3.09. The number of allylic oxidation sites excluding steroid dienone is 2. The van der Waals surface area contributed by atoms with Crippen molar-refractivity contribution >= 4 is 11.9 Å². The van der Waals surface area contributed by atoms with E-state index in [2.05, 4.69) is 17.5 Å². The van der Waals surface area contributed by atoms with E-state index in [1.807, 2.05) is 0 Å². The molecule has 1 saturated carbocycles. The molecule has 4 nitrogen and oxygen atoms in total. The Morgan fingerprint density at radius 2 is 1.95 bits per heavy atom. The Hall–Kier alpha value is -2.17. The molecule has 22 heavy (non-hydrogen) atoms. The smallest absolute Gasteiger partial charge is 0.305 e. The maximum Gasteiger partial charge on any atom is 0.305 e. The number of halogens is 1. The maximum absolute atomic E-state index is 13.0.